The lowest BCUT2D eigenvalue weighted by molar-refractivity contribution is 0.212. The zero-order valence-electron chi connectivity index (χ0n) is 19.9. The Kier molecular flexibility index (Phi) is 10.2. The minimum atomic E-state index is 0.323. The van der Waals surface area contributed by atoms with Gasteiger partial charge in [-0.05, 0) is 80.3 Å². The molecule has 0 heterocycles. The van der Waals surface area contributed by atoms with Crippen LogP contribution in [0.25, 0.3) is 0 Å². The lowest BCUT2D eigenvalue weighted by Gasteiger charge is -2.14. The van der Waals surface area contributed by atoms with Gasteiger partial charge in [0.2, 0.25) is 0 Å². The summed E-state index contributed by atoms with van der Waals surface area (Å²) < 4.78 is 11.8. The molecule has 168 valence electrons. The van der Waals surface area contributed by atoms with Gasteiger partial charge in [0.05, 0.1) is 12.3 Å². The van der Waals surface area contributed by atoms with Crippen molar-refractivity contribution >= 4 is 5.71 Å². The topological polar surface area (TPSA) is 40.0 Å². The van der Waals surface area contributed by atoms with Crippen LogP contribution in [0, 0.1) is 19.8 Å². The summed E-state index contributed by atoms with van der Waals surface area (Å²) in [7, 11) is 1.59. The molecule has 31 heavy (non-hydrogen) atoms. The van der Waals surface area contributed by atoms with Gasteiger partial charge >= 0.3 is 0 Å². The van der Waals surface area contributed by atoms with Gasteiger partial charge in [0, 0.05) is 0 Å². The number of unbranched alkanes of at least 4 members (excludes halogenated alkanes) is 1. The molecule has 2 aromatic carbocycles. The number of ether oxygens (including phenoxy) is 2. The molecule has 4 heteroatoms. The summed E-state index contributed by atoms with van der Waals surface area (Å²) in [5, 5.41) is 4.17. The van der Waals surface area contributed by atoms with Crippen LogP contribution < -0.4 is 9.47 Å². The maximum atomic E-state index is 6.09. The van der Waals surface area contributed by atoms with Crippen LogP contribution in [-0.4, -0.2) is 26.0 Å². The van der Waals surface area contributed by atoms with Gasteiger partial charge in [-0.1, -0.05) is 55.4 Å². The van der Waals surface area contributed by atoms with E-state index in [1.807, 2.05) is 31.2 Å². The third-order valence-corrected chi connectivity index (χ3v) is 5.11. The predicted octanol–water partition coefficient (Wildman–Crippen LogP) is 6.67. The van der Waals surface area contributed by atoms with E-state index in [1.54, 1.807) is 7.11 Å². The summed E-state index contributed by atoms with van der Waals surface area (Å²) in [5.41, 5.74) is 5.66. The average Bonchev–Trinajstić information content (AvgIpc) is 2.74. The fourth-order valence-corrected chi connectivity index (χ4v) is 3.50. The van der Waals surface area contributed by atoms with Crippen LogP contribution in [0.4, 0.5) is 0 Å². The van der Waals surface area contributed by atoms with Crippen LogP contribution in [-0.2, 0) is 11.3 Å². The van der Waals surface area contributed by atoms with Crippen molar-refractivity contribution in [3.63, 3.8) is 0 Å². The van der Waals surface area contributed by atoms with Crippen LogP contribution in [0.15, 0.2) is 53.7 Å². The molecule has 4 nitrogen and oxygen atoms in total. The van der Waals surface area contributed by atoms with Crippen molar-refractivity contribution in [2.75, 3.05) is 20.3 Å². The van der Waals surface area contributed by atoms with Crippen molar-refractivity contribution in [2.24, 2.45) is 11.1 Å². The number of nitrogens with zero attached hydrogens (tertiary/aromatic N) is 1. The third-order valence-electron chi connectivity index (χ3n) is 5.11. The van der Waals surface area contributed by atoms with E-state index >= 15 is 0 Å². The van der Waals surface area contributed by atoms with Gasteiger partial charge in [0.15, 0.2) is 0 Å². The second-order valence-electron chi connectivity index (χ2n) is 8.08. The molecule has 2 aromatic rings. The molecule has 0 saturated carbocycles. The Hall–Kier alpha value is -2.75. The minimum Gasteiger partial charge on any atom is -0.493 e. The molecule has 0 amide bonds. The van der Waals surface area contributed by atoms with Gasteiger partial charge in [-0.25, -0.2) is 0 Å². The fraction of sp³-hybridized carbons (Fsp3) is 0.444. The highest BCUT2D eigenvalue weighted by molar-refractivity contribution is 6.01. The molecule has 0 bridgehead atoms. The lowest BCUT2D eigenvalue weighted by Crippen LogP contribution is -2.10. The molecule has 0 radical (unpaired) electrons. The lowest BCUT2D eigenvalue weighted by atomic mass is 9.98. The van der Waals surface area contributed by atoms with E-state index in [0.717, 1.165) is 59.8 Å². The highest BCUT2D eigenvalue weighted by Gasteiger charge is 2.10. The van der Waals surface area contributed by atoms with E-state index in [-0.39, 0.29) is 0 Å². The highest BCUT2D eigenvalue weighted by Crippen LogP contribution is 2.28. The van der Waals surface area contributed by atoms with E-state index in [0.29, 0.717) is 12.5 Å². The van der Waals surface area contributed by atoms with Crippen LogP contribution >= 0.6 is 0 Å². The normalized spacial score (nSPS) is 11.9. The van der Waals surface area contributed by atoms with E-state index < -0.39 is 0 Å². The quantitative estimate of drug-likeness (QED) is 0.166. The Morgan fingerprint density at radius 2 is 1.68 bits per heavy atom. The average molecular weight is 424 g/mol. The van der Waals surface area contributed by atoms with Crippen molar-refractivity contribution in [3.8, 4) is 11.5 Å². The molecular weight excluding hydrogens is 386 g/mol. The Balaban J connectivity index is 1.81. The zero-order chi connectivity index (χ0) is 22.6. The number of benzene rings is 2. The van der Waals surface area contributed by atoms with Crippen LogP contribution in [0.1, 0.15) is 55.9 Å². The van der Waals surface area contributed by atoms with E-state index in [1.165, 1.54) is 5.56 Å². The Labute approximate surface area is 187 Å². The first-order chi connectivity index (χ1) is 15.0. The number of aryl methyl sites for hydroxylation is 3. The van der Waals surface area contributed by atoms with Crippen molar-refractivity contribution in [1.82, 2.24) is 0 Å². The summed E-state index contributed by atoms with van der Waals surface area (Å²) in [6, 6.07) is 12.7. The van der Waals surface area contributed by atoms with E-state index in [4.69, 9.17) is 14.3 Å². The minimum absolute atomic E-state index is 0.323. The summed E-state index contributed by atoms with van der Waals surface area (Å²) in [4.78, 5) is 4.99. The zero-order valence-corrected chi connectivity index (χ0v) is 19.9. The van der Waals surface area contributed by atoms with E-state index in [9.17, 15) is 0 Å². The number of hydrogen-bond donors (Lipinski definition) is 0. The predicted molar refractivity (Wildman–Crippen MR) is 129 cm³/mol. The molecule has 0 saturated heterocycles. The molecule has 0 atom stereocenters. The molecule has 0 aliphatic heterocycles. The molecule has 0 N–H and O–H groups in total. The van der Waals surface area contributed by atoms with Crippen molar-refractivity contribution in [1.29, 1.82) is 0 Å². The third kappa shape index (κ3) is 7.78. The molecule has 2 rings (SSSR count). The molecule has 0 fully saturated rings. The summed E-state index contributed by atoms with van der Waals surface area (Å²) in [6.45, 7) is 11.7. The van der Waals surface area contributed by atoms with Gasteiger partial charge < -0.3 is 14.3 Å². The molecule has 0 spiro atoms. The smallest absolute Gasteiger partial charge is 0.125 e. The van der Waals surface area contributed by atoms with Crippen molar-refractivity contribution < 1.29 is 14.3 Å². The summed E-state index contributed by atoms with van der Waals surface area (Å²) >= 11 is 0. The Morgan fingerprint density at radius 1 is 1.00 bits per heavy atom. The second-order valence-corrected chi connectivity index (χ2v) is 8.08. The SMILES string of the molecule is C/C=C/COc1cc(C)c(OCCCCc2ccc(C(=NOC)C(C)C)cc2)c(C)c1. The first kappa shape index (κ1) is 24.5. The number of allylic oxidation sites excluding steroid dienone is 1. The monoisotopic (exact) mass is 423 g/mol. The maximum Gasteiger partial charge on any atom is 0.125 e. The number of rotatable bonds is 12. The Morgan fingerprint density at radius 3 is 2.26 bits per heavy atom. The number of hydrogen-bond acceptors (Lipinski definition) is 4. The highest BCUT2D eigenvalue weighted by atomic mass is 16.6. The second kappa shape index (κ2) is 12.8. The van der Waals surface area contributed by atoms with Gasteiger partial charge in [0.1, 0.15) is 25.2 Å². The first-order valence-corrected chi connectivity index (χ1v) is 11.1. The van der Waals surface area contributed by atoms with Crippen LogP contribution in [0.5, 0.6) is 11.5 Å². The van der Waals surface area contributed by atoms with Crippen LogP contribution in [0.3, 0.4) is 0 Å². The molecular formula is C27H37NO3. The number of oxime groups is 1. The summed E-state index contributed by atoms with van der Waals surface area (Å²) in [6.07, 6.45) is 7.13. The van der Waals surface area contributed by atoms with Crippen LogP contribution in [0.2, 0.25) is 0 Å². The van der Waals surface area contributed by atoms with Gasteiger partial charge in [-0.2, -0.15) is 0 Å². The standard InChI is InChI=1S/C27H37NO3/c1-7-8-16-30-25-18-21(4)27(22(5)19-25)31-17-10-9-11-23-12-14-24(15-13-23)26(20(2)3)28-29-6/h7-8,12-15,18-20H,9-11,16-17H2,1-6H3/b8-7+,28-26?. The Bertz CT molecular complexity index is 844. The van der Waals surface area contributed by atoms with Gasteiger partial charge in [0.25, 0.3) is 0 Å². The van der Waals surface area contributed by atoms with Crippen molar-refractivity contribution in [2.45, 2.75) is 53.9 Å². The van der Waals surface area contributed by atoms with Crippen molar-refractivity contribution in [3.05, 3.63) is 70.8 Å². The fourth-order valence-electron chi connectivity index (χ4n) is 3.50. The first-order valence-electron chi connectivity index (χ1n) is 11.1. The molecule has 0 aliphatic rings. The van der Waals surface area contributed by atoms with Gasteiger partial charge in [-0.3, -0.25) is 0 Å². The maximum absolute atomic E-state index is 6.09. The summed E-state index contributed by atoms with van der Waals surface area (Å²) in [5.74, 6) is 2.19. The largest absolute Gasteiger partial charge is 0.493 e. The van der Waals surface area contributed by atoms with Gasteiger partial charge in [-0.15, -0.1) is 0 Å². The molecule has 0 unspecified atom stereocenters. The molecule has 0 aliphatic carbocycles. The molecule has 0 aromatic heterocycles. The van der Waals surface area contributed by atoms with E-state index in [2.05, 4.69) is 57.1 Å².